The number of fused-ring (bicyclic) bond motifs is 2. The van der Waals surface area contributed by atoms with Crippen LogP contribution in [0.1, 0.15) is 36.8 Å². The second kappa shape index (κ2) is 9.24. The maximum absolute atomic E-state index is 14.0. The first kappa shape index (κ1) is 23.0. The molecule has 1 aliphatic carbocycles. The molecule has 0 spiro atoms. The highest BCUT2D eigenvalue weighted by atomic mass is 19.4. The van der Waals surface area contributed by atoms with E-state index in [1.54, 1.807) is 12.1 Å². The van der Waals surface area contributed by atoms with Crippen molar-refractivity contribution in [1.29, 1.82) is 0 Å². The van der Waals surface area contributed by atoms with Gasteiger partial charge in [-0.25, -0.2) is 0 Å². The van der Waals surface area contributed by atoms with E-state index in [4.69, 9.17) is 9.47 Å². The largest absolute Gasteiger partial charge is 0.493 e. The number of anilines is 1. The number of nitrogens with zero attached hydrogens (tertiary/aromatic N) is 3. The molecule has 2 saturated heterocycles. The van der Waals surface area contributed by atoms with E-state index < -0.39 is 11.7 Å². The first-order valence-electron chi connectivity index (χ1n) is 12.7. The molecule has 1 N–H and O–H groups in total. The highest BCUT2D eigenvalue weighted by molar-refractivity contribution is 5.65. The van der Waals surface area contributed by atoms with Crippen molar-refractivity contribution < 1.29 is 22.6 Å². The van der Waals surface area contributed by atoms with Crippen molar-refractivity contribution >= 4 is 5.82 Å². The Morgan fingerprint density at radius 3 is 2.51 bits per heavy atom. The number of likely N-dealkylation sites (tertiary alicyclic amines) is 1. The molecule has 0 bridgehead atoms. The molecule has 6 nitrogen and oxygen atoms in total. The van der Waals surface area contributed by atoms with Crippen LogP contribution in [0.25, 0.3) is 11.3 Å². The maximum atomic E-state index is 14.0. The lowest BCUT2D eigenvalue weighted by molar-refractivity contribution is -0.137. The van der Waals surface area contributed by atoms with Gasteiger partial charge in [0.05, 0.1) is 12.3 Å². The van der Waals surface area contributed by atoms with E-state index in [-0.39, 0.29) is 17.6 Å². The highest BCUT2D eigenvalue weighted by Gasteiger charge is 2.43. The van der Waals surface area contributed by atoms with E-state index in [1.165, 1.54) is 0 Å². The molecular weight excluding hydrogens is 457 g/mol. The van der Waals surface area contributed by atoms with E-state index >= 15 is 0 Å². The summed E-state index contributed by atoms with van der Waals surface area (Å²) in [7, 11) is 0. The molecule has 2 atom stereocenters. The van der Waals surface area contributed by atoms with E-state index in [0.717, 1.165) is 82.3 Å². The van der Waals surface area contributed by atoms with Gasteiger partial charge < -0.3 is 19.7 Å². The van der Waals surface area contributed by atoms with Crippen LogP contribution < -0.4 is 10.1 Å². The molecule has 9 heteroatoms. The molecule has 3 aliphatic heterocycles. The summed E-state index contributed by atoms with van der Waals surface area (Å²) in [5.41, 5.74) is 1.09. The number of benzene rings is 1. The standard InChI is InChI=1S/C26H31F3N4O2/c27-26(28,29)22-12-23(17-1-2-24-18(9-17)5-8-35-24)31-32-25(22)30-21-10-19-14-33(15-20(19)11-21)13-16-3-6-34-7-4-16/h1-2,9,12,16,19-21H,3-8,10-11,13-15H2,(H,30,32). The Kier molecular flexibility index (Phi) is 6.08. The molecule has 0 amide bonds. The number of nitrogens with one attached hydrogen (secondary N) is 1. The van der Waals surface area contributed by atoms with Crippen molar-refractivity contribution in [1.82, 2.24) is 15.1 Å². The number of ether oxygens (including phenoxy) is 2. The van der Waals surface area contributed by atoms with E-state index in [0.29, 0.717) is 29.9 Å². The normalized spacial score (nSPS) is 27.0. The van der Waals surface area contributed by atoms with Gasteiger partial charge in [-0.05, 0) is 73.3 Å². The molecule has 3 fully saturated rings. The van der Waals surface area contributed by atoms with Crippen LogP contribution in [0.15, 0.2) is 24.3 Å². The van der Waals surface area contributed by atoms with Crippen molar-refractivity contribution in [2.45, 2.75) is 44.3 Å². The third-order valence-corrected chi connectivity index (χ3v) is 8.11. The van der Waals surface area contributed by atoms with E-state index in [1.807, 2.05) is 6.07 Å². The van der Waals surface area contributed by atoms with E-state index in [2.05, 4.69) is 20.4 Å². The van der Waals surface area contributed by atoms with Gasteiger partial charge in [0, 0.05) is 50.9 Å². The van der Waals surface area contributed by atoms with Crippen LogP contribution in [-0.4, -0.2) is 60.6 Å². The molecule has 1 aromatic carbocycles. The summed E-state index contributed by atoms with van der Waals surface area (Å²) in [6.07, 6.45) is 0.246. The van der Waals surface area contributed by atoms with Crippen molar-refractivity contribution in [2.75, 3.05) is 44.8 Å². The molecule has 2 aromatic rings. The van der Waals surface area contributed by atoms with Gasteiger partial charge in [0.2, 0.25) is 0 Å². The first-order valence-corrected chi connectivity index (χ1v) is 12.7. The van der Waals surface area contributed by atoms with Gasteiger partial charge in [0.1, 0.15) is 11.3 Å². The van der Waals surface area contributed by atoms with Gasteiger partial charge >= 0.3 is 6.18 Å². The Morgan fingerprint density at radius 2 is 1.77 bits per heavy atom. The molecule has 4 aliphatic rings. The van der Waals surface area contributed by atoms with Crippen LogP contribution in [0.4, 0.5) is 19.0 Å². The van der Waals surface area contributed by atoms with Gasteiger partial charge in [0.25, 0.3) is 0 Å². The second-order valence-corrected chi connectivity index (χ2v) is 10.5. The highest BCUT2D eigenvalue weighted by Crippen LogP contribution is 2.42. The van der Waals surface area contributed by atoms with Gasteiger partial charge in [-0.2, -0.15) is 13.2 Å². The number of hydrogen-bond donors (Lipinski definition) is 1. The third kappa shape index (κ3) is 4.85. The summed E-state index contributed by atoms with van der Waals surface area (Å²) in [6, 6.07) is 6.50. The zero-order valence-corrected chi connectivity index (χ0v) is 19.7. The average molecular weight is 489 g/mol. The fourth-order valence-electron chi connectivity index (χ4n) is 6.35. The summed E-state index contributed by atoms with van der Waals surface area (Å²) in [5, 5.41) is 11.3. The van der Waals surface area contributed by atoms with Crippen molar-refractivity contribution in [3.8, 4) is 17.0 Å². The molecule has 1 aromatic heterocycles. The molecule has 0 radical (unpaired) electrons. The Balaban J connectivity index is 1.13. The lowest BCUT2D eigenvalue weighted by Crippen LogP contribution is -2.32. The molecule has 1 saturated carbocycles. The molecule has 6 rings (SSSR count). The monoisotopic (exact) mass is 488 g/mol. The molecular formula is C26H31F3N4O2. The summed E-state index contributed by atoms with van der Waals surface area (Å²) in [6.45, 7) is 5.52. The SMILES string of the molecule is FC(F)(F)c1cc(-c2ccc3c(c2)CCO3)nnc1NC1CC2CN(CC3CCOCC3)CC2C1. The van der Waals surface area contributed by atoms with Crippen molar-refractivity contribution in [3.05, 3.63) is 35.4 Å². The summed E-state index contributed by atoms with van der Waals surface area (Å²) < 4.78 is 53.0. The number of aromatic nitrogens is 2. The first-order chi connectivity index (χ1) is 16.9. The van der Waals surface area contributed by atoms with Crippen LogP contribution in [0, 0.1) is 17.8 Å². The smallest absolute Gasteiger partial charge is 0.420 e. The predicted octanol–water partition coefficient (Wildman–Crippen LogP) is 4.65. The van der Waals surface area contributed by atoms with Crippen molar-refractivity contribution in [3.63, 3.8) is 0 Å². The second-order valence-electron chi connectivity index (χ2n) is 10.5. The van der Waals surface area contributed by atoms with Crippen LogP contribution in [0.3, 0.4) is 0 Å². The fourth-order valence-corrected chi connectivity index (χ4v) is 6.35. The zero-order chi connectivity index (χ0) is 24.0. The number of alkyl halides is 3. The van der Waals surface area contributed by atoms with Gasteiger partial charge in [-0.1, -0.05) is 0 Å². The van der Waals surface area contributed by atoms with Gasteiger partial charge in [0.15, 0.2) is 5.82 Å². The fraction of sp³-hybridized carbons (Fsp3) is 0.615. The van der Waals surface area contributed by atoms with Crippen LogP contribution in [0.2, 0.25) is 0 Å². The minimum absolute atomic E-state index is 0.00590. The predicted molar refractivity (Wildman–Crippen MR) is 125 cm³/mol. The van der Waals surface area contributed by atoms with Crippen molar-refractivity contribution in [2.24, 2.45) is 17.8 Å². The Bertz CT molecular complexity index is 1060. The number of rotatable bonds is 5. The van der Waals surface area contributed by atoms with Crippen LogP contribution in [-0.2, 0) is 17.3 Å². The summed E-state index contributed by atoms with van der Waals surface area (Å²) in [5.74, 6) is 2.40. The summed E-state index contributed by atoms with van der Waals surface area (Å²) in [4.78, 5) is 2.55. The minimum Gasteiger partial charge on any atom is -0.493 e. The minimum atomic E-state index is -4.51. The molecule has 188 valence electrons. The molecule has 35 heavy (non-hydrogen) atoms. The molecule has 4 heterocycles. The Hall–Kier alpha value is -2.39. The Morgan fingerprint density at radius 1 is 1.00 bits per heavy atom. The number of hydrogen-bond acceptors (Lipinski definition) is 6. The molecule has 2 unspecified atom stereocenters. The third-order valence-electron chi connectivity index (χ3n) is 8.11. The summed E-state index contributed by atoms with van der Waals surface area (Å²) >= 11 is 0. The lowest BCUT2D eigenvalue weighted by atomic mass is 10.00. The quantitative estimate of drug-likeness (QED) is 0.662. The number of halogens is 3. The van der Waals surface area contributed by atoms with Gasteiger partial charge in [-0.3, -0.25) is 0 Å². The average Bonchev–Trinajstić information content (AvgIpc) is 3.54. The van der Waals surface area contributed by atoms with Crippen LogP contribution in [0.5, 0.6) is 5.75 Å². The topological polar surface area (TPSA) is 59.5 Å². The maximum Gasteiger partial charge on any atom is 0.420 e. The van der Waals surface area contributed by atoms with E-state index in [9.17, 15) is 13.2 Å². The zero-order valence-electron chi connectivity index (χ0n) is 19.7. The Labute approximate surface area is 203 Å². The van der Waals surface area contributed by atoms with Gasteiger partial charge in [-0.15, -0.1) is 10.2 Å². The van der Waals surface area contributed by atoms with Crippen LogP contribution >= 0.6 is 0 Å². The lowest BCUT2D eigenvalue weighted by Gasteiger charge is -2.28.